The maximum absolute atomic E-state index is 12.2. The van der Waals surface area contributed by atoms with E-state index in [4.69, 9.17) is 9.47 Å². The SMILES string of the molecule is CCOC(=O)c1ccc(OCC(=O)N2CCCCCCC2)cc1. The molecule has 1 aromatic carbocycles. The number of benzene rings is 1. The van der Waals surface area contributed by atoms with E-state index >= 15 is 0 Å². The quantitative estimate of drug-likeness (QED) is 0.783. The van der Waals surface area contributed by atoms with Gasteiger partial charge in [-0.2, -0.15) is 0 Å². The second-order valence-corrected chi connectivity index (χ2v) is 5.68. The van der Waals surface area contributed by atoms with E-state index in [0.29, 0.717) is 17.9 Å². The van der Waals surface area contributed by atoms with Crippen molar-refractivity contribution < 1.29 is 19.1 Å². The van der Waals surface area contributed by atoms with Gasteiger partial charge >= 0.3 is 5.97 Å². The minimum Gasteiger partial charge on any atom is -0.484 e. The van der Waals surface area contributed by atoms with Gasteiger partial charge in [-0.1, -0.05) is 19.3 Å². The average Bonchev–Trinajstić information content (AvgIpc) is 2.53. The Balaban J connectivity index is 1.82. The number of carbonyl (C=O) groups excluding carboxylic acids is 2. The van der Waals surface area contributed by atoms with Gasteiger partial charge in [0, 0.05) is 13.1 Å². The zero-order chi connectivity index (χ0) is 16.5. The van der Waals surface area contributed by atoms with Crippen molar-refractivity contribution >= 4 is 11.9 Å². The smallest absolute Gasteiger partial charge is 0.338 e. The fraction of sp³-hybridized carbons (Fsp3) is 0.556. The van der Waals surface area contributed by atoms with Gasteiger partial charge in [0.25, 0.3) is 5.91 Å². The number of nitrogens with zero attached hydrogens (tertiary/aromatic N) is 1. The van der Waals surface area contributed by atoms with Crippen LogP contribution in [0, 0.1) is 0 Å². The summed E-state index contributed by atoms with van der Waals surface area (Å²) in [5.41, 5.74) is 0.481. The molecular weight excluding hydrogens is 294 g/mol. The van der Waals surface area contributed by atoms with E-state index in [0.717, 1.165) is 25.9 Å². The minimum absolute atomic E-state index is 0.0290. The van der Waals surface area contributed by atoms with Gasteiger partial charge < -0.3 is 14.4 Å². The highest BCUT2D eigenvalue weighted by Gasteiger charge is 2.15. The first-order valence-corrected chi connectivity index (χ1v) is 8.38. The standard InChI is InChI=1S/C18H25NO4/c1-2-22-18(21)15-8-10-16(11-9-15)23-14-17(20)19-12-6-4-3-5-7-13-19/h8-11H,2-7,12-14H2,1H3. The van der Waals surface area contributed by atoms with E-state index in [1.165, 1.54) is 19.3 Å². The summed E-state index contributed by atoms with van der Waals surface area (Å²) in [6.45, 7) is 3.81. The largest absolute Gasteiger partial charge is 0.484 e. The monoisotopic (exact) mass is 319 g/mol. The number of hydrogen-bond donors (Lipinski definition) is 0. The Morgan fingerprint density at radius 3 is 2.22 bits per heavy atom. The predicted octanol–water partition coefficient (Wildman–Crippen LogP) is 3.03. The van der Waals surface area contributed by atoms with Crippen LogP contribution in [0.1, 0.15) is 49.4 Å². The van der Waals surface area contributed by atoms with Gasteiger partial charge in [0.1, 0.15) is 5.75 Å². The third kappa shape index (κ3) is 5.58. The minimum atomic E-state index is -0.351. The molecule has 5 nitrogen and oxygen atoms in total. The van der Waals surface area contributed by atoms with Crippen LogP contribution < -0.4 is 4.74 Å². The van der Waals surface area contributed by atoms with Crippen molar-refractivity contribution in [3.8, 4) is 5.75 Å². The van der Waals surface area contributed by atoms with E-state index < -0.39 is 0 Å². The van der Waals surface area contributed by atoms with Crippen molar-refractivity contribution in [1.29, 1.82) is 0 Å². The van der Waals surface area contributed by atoms with E-state index in [9.17, 15) is 9.59 Å². The normalized spacial score (nSPS) is 15.4. The van der Waals surface area contributed by atoms with Gasteiger partial charge in [-0.05, 0) is 44.0 Å². The number of esters is 1. The first-order valence-electron chi connectivity index (χ1n) is 8.38. The van der Waals surface area contributed by atoms with Gasteiger partial charge in [-0.3, -0.25) is 4.79 Å². The molecule has 0 N–H and O–H groups in total. The van der Waals surface area contributed by atoms with E-state index in [-0.39, 0.29) is 18.5 Å². The van der Waals surface area contributed by atoms with Crippen LogP contribution in [0.4, 0.5) is 0 Å². The van der Waals surface area contributed by atoms with Crippen LogP contribution in [0.15, 0.2) is 24.3 Å². The van der Waals surface area contributed by atoms with Gasteiger partial charge in [0.15, 0.2) is 6.61 Å². The van der Waals surface area contributed by atoms with Crippen LogP contribution in [-0.2, 0) is 9.53 Å². The number of carbonyl (C=O) groups is 2. The molecule has 1 fully saturated rings. The van der Waals surface area contributed by atoms with Crippen molar-refractivity contribution in [3.63, 3.8) is 0 Å². The Morgan fingerprint density at radius 2 is 1.61 bits per heavy atom. The Kier molecular flexibility index (Phi) is 6.91. The van der Waals surface area contributed by atoms with E-state index in [1.807, 2.05) is 4.90 Å². The molecule has 0 radical (unpaired) electrons. The summed E-state index contributed by atoms with van der Waals surface area (Å²) in [5.74, 6) is 0.260. The summed E-state index contributed by atoms with van der Waals surface area (Å²) < 4.78 is 10.5. The molecule has 0 atom stereocenters. The highest BCUT2D eigenvalue weighted by molar-refractivity contribution is 5.89. The third-order valence-corrected chi connectivity index (χ3v) is 3.94. The first-order chi connectivity index (χ1) is 11.2. The van der Waals surface area contributed by atoms with Crippen LogP contribution in [0.2, 0.25) is 0 Å². The molecule has 0 aliphatic carbocycles. The molecule has 1 aromatic rings. The zero-order valence-electron chi connectivity index (χ0n) is 13.8. The number of amides is 1. The maximum atomic E-state index is 12.2. The molecule has 1 saturated heterocycles. The molecule has 0 bridgehead atoms. The molecule has 0 spiro atoms. The van der Waals surface area contributed by atoms with Gasteiger partial charge in [0.2, 0.25) is 0 Å². The van der Waals surface area contributed by atoms with Gasteiger partial charge in [-0.15, -0.1) is 0 Å². The summed E-state index contributed by atoms with van der Waals surface area (Å²) >= 11 is 0. The fourth-order valence-electron chi connectivity index (χ4n) is 2.63. The summed E-state index contributed by atoms with van der Waals surface area (Å²) in [6.07, 6.45) is 5.80. The predicted molar refractivity (Wildman–Crippen MR) is 87.6 cm³/mol. The van der Waals surface area contributed by atoms with Gasteiger partial charge in [-0.25, -0.2) is 4.79 Å². The summed E-state index contributed by atoms with van der Waals surface area (Å²) in [7, 11) is 0. The van der Waals surface area contributed by atoms with Crippen molar-refractivity contribution in [2.45, 2.75) is 39.0 Å². The lowest BCUT2D eigenvalue weighted by atomic mass is 10.1. The Bertz CT molecular complexity index is 504. The third-order valence-electron chi connectivity index (χ3n) is 3.94. The molecule has 23 heavy (non-hydrogen) atoms. The molecule has 0 saturated carbocycles. The lowest BCUT2D eigenvalue weighted by Crippen LogP contribution is -2.37. The summed E-state index contributed by atoms with van der Waals surface area (Å²) in [4.78, 5) is 25.7. The van der Waals surface area contributed by atoms with Crippen LogP contribution in [0.5, 0.6) is 5.75 Å². The molecular formula is C18H25NO4. The Morgan fingerprint density at radius 1 is 1.00 bits per heavy atom. The molecule has 126 valence electrons. The summed E-state index contributed by atoms with van der Waals surface area (Å²) in [5, 5.41) is 0. The first kappa shape index (κ1) is 17.3. The second-order valence-electron chi connectivity index (χ2n) is 5.68. The lowest BCUT2D eigenvalue weighted by Gasteiger charge is -2.24. The molecule has 0 unspecified atom stereocenters. The Labute approximate surface area is 137 Å². The van der Waals surface area contributed by atoms with Crippen molar-refractivity contribution in [3.05, 3.63) is 29.8 Å². The zero-order valence-corrected chi connectivity index (χ0v) is 13.8. The van der Waals surface area contributed by atoms with Crippen LogP contribution in [-0.4, -0.2) is 43.1 Å². The van der Waals surface area contributed by atoms with Gasteiger partial charge in [0.05, 0.1) is 12.2 Å². The molecule has 1 heterocycles. The highest BCUT2D eigenvalue weighted by Crippen LogP contribution is 2.14. The Hall–Kier alpha value is -2.04. The van der Waals surface area contributed by atoms with Crippen molar-refractivity contribution in [2.75, 3.05) is 26.3 Å². The van der Waals surface area contributed by atoms with Crippen LogP contribution in [0.3, 0.4) is 0 Å². The number of ether oxygens (including phenoxy) is 2. The second kappa shape index (κ2) is 9.18. The number of likely N-dealkylation sites (tertiary alicyclic amines) is 1. The lowest BCUT2D eigenvalue weighted by molar-refractivity contribution is -0.133. The topological polar surface area (TPSA) is 55.8 Å². The molecule has 1 aliphatic rings. The molecule has 2 rings (SSSR count). The molecule has 1 aliphatic heterocycles. The highest BCUT2D eigenvalue weighted by atomic mass is 16.5. The van der Waals surface area contributed by atoms with Crippen LogP contribution in [0.25, 0.3) is 0 Å². The number of rotatable bonds is 5. The molecule has 5 heteroatoms. The van der Waals surface area contributed by atoms with Crippen molar-refractivity contribution in [2.24, 2.45) is 0 Å². The average molecular weight is 319 g/mol. The van der Waals surface area contributed by atoms with E-state index in [1.54, 1.807) is 31.2 Å². The number of hydrogen-bond acceptors (Lipinski definition) is 4. The van der Waals surface area contributed by atoms with Crippen LogP contribution >= 0.6 is 0 Å². The maximum Gasteiger partial charge on any atom is 0.338 e. The molecule has 1 amide bonds. The molecule has 0 aromatic heterocycles. The summed E-state index contributed by atoms with van der Waals surface area (Å²) in [6, 6.07) is 6.67. The fourth-order valence-corrected chi connectivity index (χ4v) is 2.63. The van der Waals surface area contributed by atoms with E-state index in [2.05, 4.69) is 0 Å². The van der Waals surface area contributed by atoms with Crippen molar-refractivity contribution in [1.82, 2.24) is 4.90 Å².